The fourth-order valence-electron chi connectivity index (χ4n) is 1.79. The largest absolute Gasteiger partial charge is 0.394 e. The minimum Gasteiger partial charge on any atom is -0.394 e. The third-order valence-corrected chi connectivity index (χ3v) is 3.12. The molecule has 5 atom stereocenters. The normalized spacial score (nSPS) is 36.1. The molecule has 21 heavy (non-hydrogen) atoms. The number of ether oxygens (including phenoxy) is 1. The number of urea groups is 1. The number of rotatable bonds is 5. The summed E-state index contributed by atoms with van der Waals surface area (Å²) in [4.78, 5) is 22.2. The summed E-state index contributed by atoms with van der Waals surface area (Å²) in [6.07, 6.45) is -7.57. The van der Waals surface area contributed by atoms with E-state index in [1.165, 1.54) is 0 Å². The zero-order chi connectivity index (χ0) is 16.2. The number of carbonyl (C=O) groups excluding carboxylic acids is 1. The van der Waals surface area contributed by atoms with Crippen LogP contribution in [0.2, 0.25) is 0 Å². The Labute approximate surface area is 123 Å². The predicted molar refractivity (Wildman–Crippen MR) is 66.7 cm³/mol. The van der Waals surface area contributed by atoms with E-state index in [9.17, 15) is 30.1 Å². The van der Waals surface area contributed by atoms with Crippen LogP contribution >= 0.6 is 11.6 Å². The molecule has 0 saturated carbocycles. The number of nitrogens with zero attached hydrogens (tertiary/aromatic N) is 2. The van der Waals surface area contributed by atoms with Crippen LogP contribution in [0, 0.1) is 4.91 Å². The fourth-order valence-corrected chi connectivity index (χ4v) is 1.95. The first-order valence-electron chi connectivity index (χ1n) is 5.83. The molecule has 0 aromatic rings. The first-order chi connectivity index (χ1) is 9.81. The van der Waals surface area contributed by atoms with E-state index >= 15 is 0 Å². The molecule has 1 unspecified atom stereocenters. The highest BCUT2D eigenvalue weighted by molar-refractivity contribution is 6.18. The van der Waals surface area contributed by atoms with Crippen LogP contribution in [0.5, 0.6) is 0 Å². The molecule has 1 aliphatic rings. The van der Waals surface area contributed by atoms with Crippen LogP contribution in [0.1, 0.15) is 0 Å². The molecule has 0 bridgehead atoms. The quantitative estimate of drug-likeness (QED) is 0.134. The monoisotopic (exact) mass is 329 g/mol. The minimum absolute atomic E-state index is 0.131. The van der Waals surface area contributed by atoms with Crippen LogP contribution in [-0.4, -0.2) is 85.9 Å². The summed E-state index contributed by atoms with van der Waals surface area (Å²) in [5, 5.41) is 52.5. The molecule has 0 radical (unpaired) electrons. The van der Waals surface area contributed by atoms with Crippen molar-refractivity contribution >= 4 is 17.6 Å². The summed E-state index contributed by atoms with van der Waals surface area (Å²) in [7, 11) is 0. The van der Waals surface area contributed by atoms with Crippen molar-refractivity contribution in [1.82, 2.24) is 10.3 Å². The second-order valence-corrected chi connectivity index (χ2v) is 4.66. The lowest BCUT2D eigenvalue weighted by Crippen LogP contribution is -2.74. The Morgan fingerprint density at radius 2 is 2.00 bits per heavy atom. The van der Waals surface area contributed by atoms with Gasteiger partial charge in [-0.1, -0.05) is 0 Å². The number of hydrogen-bond donors (Lipinski definition) is 6. The molecular weight excluding hydrogens is 314 g/mol. The van der Waals surface area contributed by atoms with Crippen molar-refractivity contribution in [3.63, 3.8) is 0 Å². The molecule has 1 saturated heterocycles. The number of hydrogen-bond acceptors (Lipinski definition) is 9. The SMILES string of the molecule is O=NN(CCCl)C(=O)N[C@]1(O)[C@H](O)[C@@H](CO)OC(O)[C@@H]1O. The molecule has 11 nitrogen and oxygen atoms in total. The van der Waals surface area contributed by atoms with E-state index in [0.29, 0.717) is 5.01 Å². The van der Waals surface area contributed by atoms with Crippen molar-refractivity contribution in [1.29, 1.82) is 0 Å². The van der Waals surface area contributed by atoms with Crippen molar-refractivity contribution in [2.75, 3.05) is 19.0 Å². The molecular formula is C9H16ClN3O8. The van der Waals surface area contributed by atoms with Gasteiger partial charge in [0.15, 0.2) is 18.1 Å². The van der Waals surface area contributed by atoms with Crippen LogP contribution in [0.15, 0.2) is 5.29 Å². The molecule has 0 aromatic carbocycles. The molecule has 2 amide bonds. The van der Waals surface area contributed by atoms with Gasteiger partial charge in [0.1, 0.15) is 12.2 Å². The Balaban J connectivity index is 2.94. The van der Waals surface area contributed by atoms with Gasteiger partial charge in [0.25, 0.3) is 0 Å². The number of aliphatic hydroxyl groups excluding tert-OH is 4. The molecule has 0 spiro atoms. The van der Waals surface area contributed by atoms with Crippen LogP contribution in [0.4, 0.5) is 4.79 Å². The summed E-state index contributed by atoms with van der Waals surface area (Å²) in [5.74, 6) is -0.131. The second kappa shape index (κ2) is 7.26. The number of alkyl halides is 1. The average Bonchev–Trinajstić information content (AvgIpc) is 2.46. The minimum atomic E-state index is -2.77. The molecule has 1 rings (SSSR count). The maximum Gasteiger partial charge on any atom is 0.342 e. The number of amides is 2. The Morgan fingerprint density at radius 3 is 2.48 bits per heavy atom. The van der Waals surface area contributed by atoms with E-state index in [1.54, 1.807) is 5.32 Å². The molecule has 0 aliphatic carbocycles. The first-order valence-corrected chi connectivity index (χ1v) is 6.37. The summed E-state index contributed by atoms with van der Waals surface area (Å²) in [6.45, 7) is -1.10. The summed E-state index contributed by atoms with van der Waals surface area (Å²) in [5.41, 5.74) is -2.77. The lowest BCUT2D eigenvalue weighted by Gasteiger charge is -2.46. The molecule has 0 aromatic heterocycles. The highest BCUT2D eigenvalue weighted by Crippen LogP contribution is 2.27. The second-order valence-electron chi connectivity index (χ2n) is 4.29. The zero-order valence-electron chi connectivity index (χ0n) is 10.7. The van der Waals surface area contributed by atoms with Crippen molar-refractivity contribution in [3.05, 3.63) is 4.91 Å². The van der Waals surface area contributed by atoms with Gasteiger partial charge >= 0.3 is 6.03 Å². The van der Waals surface area contributed by atoms with Crippen molar-refractivity contribution < 1.29 is 35.1 Å². The van der Waals surface area contributed by atoms with Crippen molar-refractivity contribution in [3.8, 4) is 0 Å². The Bertz CT molecular complexity index is 388. The number of aliphatic hydroxyl groups is 5. The van der Waals surface area contributed by atoms with Gasteiger partial charge in [-0.15, -0.1) is 16.5 Å². The van der Waals surface area contributed by atoms with Gasteiger partial charge in [-0.25, -0.2) is 4.79 Å². The van der Waals surface area contributed by atoms with Gasteiger partial charge in [-0.3, -0.25) is 0 Å². The van der Waals surface area contributed by atoms with Gasteiger partial charge in [0, 0.05) is 5.88 Å². The Hall–Kier alpha value is -1.08. The van der Waals surface area contributed by atoms with Crippen molar-refractivity contribution in [2.24, 2.45) is 5.29 Å². The highest BCUT2D eigenvalue weighted by Gasteiger charge is 2.56. The Morgan fingerprint density at radius 1 is 1.38 bits per heavy atom. The number of nitrogens with one attached hydrogen (secondary N) is 1. The maximum atomic E-state index is 11.7. The predicted octanol–water partition coefficient (Wildman–Crippen LogP) is -2.96. The molecule has 1 fully saturated rings. The van der Waals surface area contributed by atoms with E-state index in [0.717, 1.165) is 0 Å². The lowest BCUT2D eigenvalue weighted by atomic mass is 9.92. The van der Waals surface area contributed by atoms with Gasteiger partial charge in [0.05, 0.1) is 18.4 Å². The Kier molecular flexibility index (Phi) is 6.22. The van der Waals surface area contributed by atoms with Crippen LogP contribution in [0.3, 0.4) is 0 Å². The number of carbonyl (C=O) groups is 1. The molecule has 122 valence electrons. The number of nitroso groups, excluding NO2 is 1. The van der Waals surface area contributed by atoms with Gasteiger partial charge in [-0.2, -0.15) is 5.01 Å². The third kappa shape index (κ3) is 3.58. The average molecular weight is 330 g/mol. The molecule has 1 heterocycles. The molecule has 6 N–H and O–H groups in total. The smallest absolute Gasteiger partial charge is 0.342 e. The van der Waals surface area contributed by atoms with Crippen LogP contribution in [0.25, 0.3) is 0 Å². The van der Waals surface area contributed by atoms with Crippen LogP contribution in [-0.2, 0) is 4.74 Å². The summed E-state index contributed by atoms with van der Waals surface area (Å²) < 4.78 is 4.65. The van der Waals surface area contributed by atoms with E-state index < -0.39 is 43.0 Å². The van der Waals surface area contributed by atoms with Crippen LogP contribution < -0.4 is 5.32 Å². The third-order valence-electron chi connectivity index (χ3n) is 2.95. The summed E-state index contributed by atoms with van der Waals surface area (Å²) >= 11 is 5.35. The van der Waals surface area contributed by atoms with E-state index in [-0.39, 0.29) is 12.4 Å². The molecule has 1 aliphatic heterocycles. The maximum absolute atomic E-state index is 11.7. The van der Waals surface area contributed by atoms with E-state index in [2.05, 4.69) is 10.0 Å². The molecule has 12 heteroatoms. The summed E-state index contributed by atoms with van der Waals surface area (Å²) in [6, 6.07) is -1.27. The number of halogens is 1. The van der Waals surface area contributed by atoms with Gasteiger partial charge in [-0.05, 0) is 0 Å². The van der Waals surface area contributed by atoms with E-state index in [1.807, 2.05) is 0 Å². The van der Waals surface area contributed by atoms with Gasteiger partial charge in [0.2, 0.25) is 0 Å². The lowest BCUT2D eigenvalue weighted by molar-refractivity contribution is -0.326. The van der Waals surface area contributed by atoms with E-state index in [4.69, 9.17) is 16.7 Å². The van der Waals surface area contributed by atoms with Crippen molar-refractivity contribution in [2.45, 2.75) is 30.3 Å². The first kappa shape index (κ1) is 18.0. The standard InChI is InChI=1S/C9H16ClN3O8/c10-1-2-13(12-20)8(18)11-9(19)5(15)4(3-14)21-7(17)6(9)16/h4-7,14-17,19H,1-3H2,(H,11,18)/t4-,5-,6+,7?,9+/m1/s1. The fraction of sp³-hybridized carbons (Fsp3) is 0.889. The highest BCUT2D eigenvalue weighted by atomic mass is 35.5. The zero-order valence-corrected chi connectivity index (χ0v) is 11.4. The topological polar surface area (TPSA) is 172 Å². The van der Waals surface area contributed by atoms with Gasteiger partial charge < -0.3 is 35.6 Å².